The van der Waals surface area contributed by atoms with Gasteiger partial charge in [-0.1, -0.05) is 23.7 Å². The van der Waals surface area contributed by atoms with E-state index >= 15 is 0 Å². The van der Waals surface area contributed by atoms with Crippen molar-refractivity contribution in [1.29, 1.82) is 0 Å². The lowest BCUT2D eigenvalue weighted by Crippen LogP contribution is -2.22. The van der Waals surface area contributed by atoms with Gasteiger partial charge in [-0.3, -0.25) is 4.98 Å². The summed E-state index contributed by atoms with van der Waals surface area (Å²) in [6.45, 7) is 1.76. The van der Waals surface area contributed by atoms with Crippen LogP contribution < -0.4 is 0 Å². The van der Waals surface area contributed by atoms with Crippen LogP contribution in [0.25, 0.3) is 0 Å². The van der Waals surface area contributed by atoms with Crippen LogP contribution in [-0.2, 0) is 5.60 Å². The maximum Gasteiger partial charge on any atom is 0.112 e. The summed E-state index contributed by atoms with van der Waals surface area (Å²) in [7, 11) is 0. The lowest BCUT2D eigenvalue weighted by molar-refractivity contribution is 0.102. The molecule has 0 saturated carbocycles. The summed E-state index contributed by atoms with van der Waals surface area (Å²) in [6.07, 6.45) is 3.33. The van der Waals surface area contributed by atoms with Crippen LogP contribution in [0.4, 0.5) is 0 Å². The van der Waals surface area contributed by atoms with Crippen molar-refractivity contribution >= 4 is 11.6 Å². The molecule has 16 heavy (non-hydrogen) atoms. The molecule has 0 saturated heterocycles. The summed E-state index contributed by atoms with van der Waals surface area (Å²) in [4.78, 5) is 3.93. The van der Waals surface area contributed by atoms with Gasteiger partial charge in [-0.15, -0.1) is 0 Å². The number of hydrogen-bond donors (Lipinski definition) is 1. The molecule has 1 N–H and O–H groups in total. The Morgan fingerprint density at radius 2 is 1.50 bits per heavy atom. The molecule has 2 aromatic rings. The Morgan fingerprint density at radius 1 is 1.00 bits per heavy atom. The third-order valence-electron chi connectivity index (χ3n) is 2.65. The molecule has 1 atom stereocenters. The quantitative estimate of drug-likeness (QED) is 0.865. The molecule has 0 amide bonds. The van der Waals surface area contributed by atoms with Gasteiger partial charge in [-0.05, 0) is 42.3 Å². The van der Waals surface area contributed by atoms with Gasteiger partial charge in [-0.2, -0.15) is 0 Å². The Labute approximate surface area is 99.5 Å². The highest BCUT2D eigenvalue weighted by molar-refractivity contribution is 6.30. The van der Waals surface area contributed by atoms with Gasteiger partial charge in [-0.25, -0.2) is 0 Å². The number of pyridine rings is 1. The zero-order valence-electron chi connectivity index (χ0n) is 8.89. The molecule has 82 valence electrons. The van der Waals surface area contributed by atoms with E-state index in [0.29, 0.717) is 5.02 Å². The lowest BCUT2D eigenvalue weighted by Gasteiger charge is -2.24. The summed E-state index contributed by atoms with van der Waals surface area (Å²) in [5.41, 5.74) is 0.598. The highest BCUT2D eigenvalue weighted by Gasteiger charge is 2.24. The molecule has 1 aromatic heterocycles. The van der Waals surface area contributed by atoms with E-state index in [1.807, 2.05) is 12.1 Å². The van der Waals surface area contributed by atoms with Crippen molar-refractivity contribution in [2.24, 2.45) is 0 Å². The zero-order valence-corrected chi connectivity index (χ0v) is 9.65. The Hall–Kier alpha value is -1.38. The van der Waals surface area contributed by atoms with E-state index < -0.39 is 5.60 Å². The van der Waals surface area contributed by atoms with Crippen molar-refractivity contribution in [3.8, 4) is 0 Å². The van der Waals surface area contributed by atoms with Crippen LogP contribution in [0.3, 0.4) is 0 Å². The Morgan fingerprint density at radius 3 is 2.06 bits per heavy atom. The number of nitrogens with zero attached hydrogens (tertiary/aromatic N) is 1. The largest absolute Gasteiger partial charge is 0.381 e. The lowest BCUT2D eigenvalue weighted by atomic mass is 9.89. The second-order valence-corrected chi connectivity index (χ2v) is 4.25. The predicted octanol–water partition coefficient (Wildman–Crippen LogP) is 2.99. The summed E-state index contributed by atoms with van der Waals surface area (Å²) in [5.74, 6) is 0. The van der Waals surface area contributed by atoms with E-state index in [2.05, 4.69) is 4.98 Å². The van der Waals surface area contributed by atoms with Crippen LogP contribution in [0.15, 0.2) is 48.8 Å². The van der Waals surface area contributed by atoms with E-state index in [4.69, 9.17) is 11.6 Å². The molecule has 1 aromatic carbocycles. The molecule has 2 rings (SSSR count). The summed E-state index contributed by atoms with van der Waals surface area (Å²) >= 11 is 5.82. The van der Waals surface area contributed by atoms with Crippen LogP contribution >= 0.6 is 11.6 Å². The molecule has 0 radical (unpaired) electrons. The molecular formula is C13H12ClNO. The van der Waals surface area contributed by atoms with Crippen LogP contribution in [0.5, 0.6) is 0 Å². The van der Waals surface area contributed by atoms with Gasteiger partial charge in [0.05, 0.1) is 0 Å². The second-order valence-electron chi connectivity index (χ2n) is 3.81. The van der Waals surface area contributed by atoms with Gasteiger partial charge in [0, 0.05) is 17.4 Å². The third-order valence-corrected chi connectivity index (χ3v) is 2.90. The molecule has 3 heteroatoms. The number of hydrogen-bond acceptors (Lipinski definition) is 2. The molecule has 0 aliphatic rings. The fourth-order valence-corrected chi connectivity index (χ4v) is 1.74. The Bertz CT molecular complexity index is 465. The molecule has 0 fully saturated rings. The van der Waals surface area contributed by atoms with Gasteiger partial charge in [0.15, 0.2) is 0 Å². The van der Waals surface area contributed by atoms with Gasteiger partial charge in [0.1, 0.15) is 5.60 Å². The van der Waals surface area contributed by atoms with Gasteiger partial charge < -0.3 is 5.11 Å². The first-order valence-electron chi connectivity index (χ1n) is 4.99. The fourth-order valence-electron chi connectivity index (χ4n) is 1.62. The summed E-state index contributed by atoms with van der Waals surface area (Å²) in [5, 5.41) is 11.1. The third kappa shape index (κ3) is 2.08. The minimum atomic E-state index is -1.02. The van der Waals surface area contributed by atoms with Crippen LogP contribution in [0.2, 0.25) is 5.02 Å². The van der Waals surface area contributed by atoms with Gasteiger partial charge in [0.2, 0.25) is 0 Å². The molecule has 0 bridgehead atoms. The first-order chi connectivity index (χ1) is 7.60. The number of halogens is 1. The first kappa shape index (κ1) is 11.1. The normalized spacial score (nSPS) is 14.4. The second kappa shape index (κ2) is 4.24. The van der Waals surface area contributed by atoms with Crippen LogP contribution in [0.1, 0.15) is 18.1 Å². The van der Waals surface area contributed by atoms with Crippen molar-refractivity contribution in [1.82, 2.24) is 4.98 Å². The van der Waals surface area contributed by atoms with Crippen molar-refractivity contribution in [2.75, 3.05) is 0 Å². The number of aliphatic hydroxyl groups is 1. The average Bonchev–Trinajstić information content (AvgIpc) is 2.31. The predicted molar refractivity (Wildman–Crippen MR) is 64.4 cm³/mol. The number of benzene rings is 1. The highest BCUT2D eigenvalue weighted by atomic mass is 35.5. The summed E-state index contributed by atoms with van der Waals surface area (Å²) < 4.78 is 0. The average molecular weight is 234 g/mol. The standard InChI is InChI=1S/C13H12ClNO/c1-13(16,11-6-8-15-9-7-11)10-2-4-12(14)5-3-10/h2-9,16H,1H3/t13-/m0/s1. The monoisotopic (exact) mass is 233 g/mol. The van der Waals surface area contributed by atoms with Gasteiger partial charge >= 0.3 is 0 Å². The molecule has 0 unspecified atom stereocenters. The first-order valence-corrected chi connectivity index (χ1v) is 5.37. The Kier molecular flexibility index (Phi) is 2.95. The topological polar surface area (TPSA) is 33.1 Å². The van der Waals surface area contributed by atoms with Gasteiger partial charge in [0.25, 0.3) is 0 Å². The van der Waals surface area contributed by atoms with Crippen LogP contribution in [0, 0.1) is 0 Å². The maximum atomic E-state index is 10.5. The van der Waals surface area contributed by atoms with E-state index in [1.165, 1.54) is 0 Å². The van der Waals surface area contributed by atoms with Crippen molar-refractivity contribution in [2.45, 2.75) is 12.5 Å². The number of rotatable bonds is 2. The summed E-state index contributed by atoms with van der Waals surface area (Å²) in [6, 6.07) is 10.8. The zero-order chi connectivity index (χ0) is 11.6. The maximum absolute atomic E-state index is 10.5. The molecule has 0 aliphatic heterocycles. The minimum Gasteiger partial charge on any atom is -0.381 e. The SMILES string of the molecule is C[C@@](O)(c1ccncc1)c1ccc(Cl)cc1. The molecule has 2 nitrogen and oxygen atoms in total. The van der Waals surface area contributed by atoms with E-state index in [9.17, 15) is 5.11 Å². The van der Waals surface area contributed by atoms with Crippen LogP contribution in [-0.4, -0.2) is 10.1 Å². The van der Waals surface area contributed by atoms with E-state index in [1.54, 1.807) is 43.6 Å². The number of aromatic nitrogens is 1. The highest BCUT2D eigenvalue weighted by Crippen LogP contribution is 2.29. The van der Waals surface area contributed by atoms with E-state index in [-0.39, 0.29) is 0 Å². The molecular weight excluding hydrogens is 222 g/mol. The van der Waals surface area contributed by atoms with Crippen molar-refractivity contribution in [3.63, 3.8) is 0 Å². The Balaban J connectivity index is 2.43. The van der Waals surface area contributed by atoms with Crippen molar-refractivity contribution < 1.29 is 5.11 Å². The molecule has 0 spiro atoms. The minimum absolute atomic E-state index is 0.661. The van der Waals surface area contributed by atoms with E-state index in [0.717, 1.165) is 11.1 Å². The molecule has 0 aliphatic carbocycles. The van der Waals surface area contributed by atoms with Crippen molar-refractivity contribution in [3.05, 3.63) is 64.9 Å². The fraction of sp³-hybridized carbons (Fsp3) is 0.154. The molecule has 1 heterocycles. The smallest absolute Gasteiger partial charge is 0.112 e.